The molecule has 1 fully saturated rings. The number of anilines is 1. The van der Waals surface area contributed by atoms with E-state index in [4.69, 9.17) is 0 Å². The van der Waals surface area contributed by atoms with Crippen LogP contribution in [0.25, 0.3) is 0 Å². The fourth-order valence-corrected chi connectivity index (χ4v) is 2.97. The van der Waals surface area contributed by atoms with Gasteiger partial charge in [-0.25, -0.2) is 0 Å². The Labute approximate surface area is 126 Å². The van der Waals surface area contributed by atoms with Crippen molar-refractivity contribution in [2.75, 3.05) is 37.6 Å². The molecule has 0 N–H and O–H groups in total. The van der Waals surface area contributed by atoms with Crippen molar-refractivity contribution in [3.63, 3.8) is 0 Å². The van der Waals surface area contributed by atoms with Gasteiger partial charge in [0.1, 0.15) is 6.29 Å². The van der Waals surface area contributed by atoms with Crippen LogP contribution in [-0.4, -0.2) is 43.9 Å². The van der Waals surface area contributed by atoms with Crippen LogP contribution in [0.5, 0.6) is 0 Å². The number of carbonyl (C=O) groups is 1. The van der Waals surface area contributed by atoms with E-state index in [0.29, 0.717) is 0 Å². The first-order valence-electron chi connectivity index (χ1n) is 7.73. The van der Waals surface area contributed by atoms with Gasteiger partial charge in [0.05, 0.1) is 0 Å². The van der Waals surface area contributed by atoms with Gasteiger partial charge in [-0.3, -0.25) is 9.69 Å². The molecule has 2 aliphatic rings. The number of benzene rings is 1. The maximum Gasteiger partial charge on any atom is 0.150 e. The van der Waals surface area contributed by atoms with Crippen molar-refractivity contribution < 1.29 is 4.79 Å². The molecule has 1 aromatic carbocycles. The quantitative estimate of drug-likeness (QED) is 0.793. The molecule has 1 heterocycles. The summed E-state index contributed by atoms with van der Waals surface area (Å²) in [6, 6.07) is 7.89. The minimum atomic E-state index is 0.744. The molecule has 0 radical (unpaired) electrons. The monoisotopic (exact) mass is 282 g/mol. The first kappa shape index (κ1) is 14.1. The highest BCUT2D eigenvalue weighted by atomic mass is 16.1. The maximum atomic E-state index is 10.7. The molecule has 1 aromatic rings. The molecule has 0 aromatic heterocycles. The van der Waals surface area contributed by atoms with Crippen LogP contribution in [0.4, 0.5) is 5.69 Å². The van der Waals surface area contributed by atoms with Gasteiger partial charge in [0.2, 0.25) is 0 Å². The summed E-state index contributed by atoms with van der Waals surface area (Å²) in [5.41, 5.74) is 3.43. The second kappa shape index (κ2) is 6.72. The minimum absolute atomic E-state index is 0.744. The van der Waals surface area contributed by atoms with E-state index >= 15 is 0 Å². The van der Waals surface area contributed by atoms with Gasteiger partial charge in [-0.15, -0.1) is 0 Å². The second-order valence-corrected chi connectivity index (χ2v) is 5.73. The van der Waals surface area contributed by atoms with Crippen LogP contribution in [0.2, 0.25) is 0 Å². The SMILES string of the molecule is O=Cc1ccc(N2CCN(CC3=CCCC=C3)CC2)cc1. The summed E-state index contributed by atoms with van der Waals surface area (Å²) in [6.07, 6.45) is 10.2. The van der Waals surface area contributed by atoms with Gasteiger partial charge in [0.15, 0.2) is 0 Å². The van der Waals surface area contributed by atoms with E-state index < -0.39 is 0 Å². The second-order valence-electron chi connectivity index (χ2n) is 5.73. The number of rotatable bonds is 4. The van der Waals surface area contributed by atoms with Gasteiger partial charge < -0.3 is 4.90 Å². The molecule has 3 rings (SSSR count). The van der Waals surface area contributed by atoms with E-state index in [0.717, 1.165) is 44.6 Å². The van der Waals surface area contributed by atoms with E-state index in [2.05, 4.69) is 28.0 Å². The van der Waals surface area contributed by atoms with Crippen molar-refractivity contribution in [3.05, 3.63) is 53.6 Å². The third-order valence-corrected chi connectivity index (χ3v) is 4.24. The lowest BCUT2D eigenvalue weighted by Gasteiger charge is -2.36. The van der Waals surface area contributed by atoms with Gasteiger partial charge in [-0.2, -0.15) is 0 Å². The Morgan fingerprint density at radius 3 is 2.38 bits per heavy atom. The number of hydrogen-bond acceptors (Lipinski definition) is 3. The normalized spacial score (nSPS) is 19.4. The molecule has 21 heavy (non-hydrogen) atoms. The van der Waals surface area contributed by atoms with Crippen molar-refractivity contribution in [1.82, 2.24) is 4.90 Å². The summed E-state index contributed by atoms with van der Waals surface area (Å²) in [5.74, 6) is 0. The molecule has 3 heteroatoms. The molecule has 0 atom stereocenters. The Bertz CT molecular complexity index is 537. The number of aldehydes is 1. The predicted molar refractivity (Wildman–Crippen MR) is 86.9 cm³/mol. The summed E-state index contributed by atoms with van der Waals surface area (Å²) in [5, 5.41) is 0. The van der Waals surface area contributed by atoms with Crippen molar-refractivity contribution in [2.24, 2.45) is 0 Å². The number of piperazine rings is 1. The summed E-state index contributed by atoms with van der Waals surface area (Å²) in [7, 11) is 0. The zero-order valence-corrected chi connectivity index (χ0v) is 12.4. The summed E-state index contributed by atoms with van der Waals surface area (Å²) in [4.78, 5) is 15.6. The van der Waals surface area contributed by atoms with Crippen molar-refractivity contribution in [3.8, 4) is 0 Å². The van der Waals surface area contributed by atoms with E-state index in [1.165, 1.54) is 24.1 Å². The third-order valence-electron chi connectivity index (χ3n) is 4.24. The van der Waals surface area contributed by atoms with Crippen molar-refractivity contribution >= 4 is 12.0 Å². The molecule has 0 spiro atoms. The molecule has 3 nitrogen and oxygen atoms in total. The van der Waals surface area contributed by atoms with Crippen molar-refractivity contribution in [2.45, 2.75) is 12.8 Å². The summed E-state index contributed by atoms with van der Waals surface area (Å²) >= 11 is 0. The molecule has 1 aliphatic heterocycles. The molecule has 0 saturated carbocycles. The lowest BCUT2D eigenvalue weighted by Crippen LogP contribution is -2.46. The number of hydrogen-bond donors (Lipinski definition) is 0. The van der Waals surface area contributed by atoms with E-state index in [-0.39, 0.29) is 0 Å². The van der Waals surface area contributed by atoms with Gasteiger partial charge in [0.25, 0.3) is 0 Å². The average Bonchev–Trinajstić information content (AvgIpc) is 2.57. The highest BCUT2D eigenvalue weighted by Gasteiger charge is 2.17. The number of carbonyl (C=O) groups excluding carboxylic acids is 1. The molecule has 0 bridgehead atoms. The fraction of sp³-hybridized carbons (Fsp3) is 0.389. The van der Waals surface area contributed by atoms with Gasteiger partial charge >= 0.3 is 0 Å². The fourth-order valence-electron chi connectivity index (χ4n) is 2.97. The third kappa shape index (κ3) is 3.61. The number of allylic oxidation sites excluding steroid dienone is 2. The Morgan fingerprint density at radius 2 is 1.76 bits per heavy atom. The molecule has 1 saturated heterocycles. The van der Waals surface area contributed by atoms with Gasteiger partial charge in [-0.1, -0.05) is 18.2 Å². The minimum Gasteiger partial charge on any atom is -0.369 e. The van der Waals surface area contributed by atoms with E-state index in [1.807, 2.05) is 24.3 Å². The molecular formula is C18H22N2O. The molecular weight excluding hydrogens is 260 g/mol. The molecule has 0 amide bonds. The first-order valence-corrected chi connectivity index (χ1v) is 7.73. The van der Waals surface area contributed by atoms with Crippen LogP contribution in [-0.2, 0) is 0 Å². The Morgan fingerprint density at radius 1 is 1.00 bits per heavy atom. The Kier molecular flexibility index (Phi) is 4.51. The van der Waals surface area contributed by atoms with E-state index in [1.54, 1.807) is 0 Å². The van der Waals surface area contributed by atoms with E-state index in [9.17, 15) is 4.79 Å². The topological polar surface area (TPSA) is 23.6 Å². The summed E-state index contributed by atoms with van der Waals surface area (Å²) < 4.78 is 0. The van der Waals surface area contributed by atoms with Gasteiger partial charge in [-0.05, 0) is 42.7 Å². The number of nitrogens with zero attached hydrogens (tertiary/aromatic N) is 2. The van der Waals surface area contributed by atoms with Gasteiger partial charge in [0, 0.05) is 44.0 Å². The molecule has 0 unspecified atom stereocenters. The Balaban J connectivity index is 1.53. The summed E-state index contributed by atoms with van der Waals surface area (Å²) in [6.45, 7) is 5.38. The van der Waals surface area contributed by atoms with Crippen LogP contribution in [0.3, 0.4) is 0 Å². The predicted octanol–water partition coefficient (Wildman–Crippen LogP) is 2.90. The highest BCUT2D eigenvalue weighted by molar-refractivity contribution is 5.75. The average molecular weight is 282 g/mol. The maximum absolute atomic E-state index is 10.7. The Hall–Kier alpha value is -1.87. The first-order chi connectivity index (χ1) is 10.3. The lowest BCUT2D eigenvalue weighted by molar-refractivity contribution is 0.112. The van der Waals surface area contributed by atoms with Crippen LogP contribution in [0.1, 0.15) is 23.2 Å². The van der Waals surface area contributed by atoms with Crippen molar-refractivity contribution in [1.29, 1.82) is 0 Å². The largest absolute Gasteiger partial charge is 0.369 e. The molecule has 110 valence electrons. The zero-order valence-electron chi connectivity index (χ0n) is 12.4. The lowest BCUT2D eigenvalue weighted by atomic mass is 10.1. The smallest absolute Gasteiger partial charge is 0.150 e. The van der Waals surface area contributed by atoms with Crippen LogP contribution in [0, 0.1) is 0 Å². The van der Waals surface area contributed by atoms with Crippen LogP contribution in [0.15, 0.2) is 48.1 Å². The standard InChI is InChI=1S/C18H22N2O/c21-15-17-6-8-18(9-7-17)20-12-10-19(11-13-20)14-16-4-2-1-3-5-16/h2,4-9,15H,1,3,10-14H2. The highest BCUT2D eigenvalue weighted by Crippen LogP contribution is 2.18. The molecule has 1 aliphatic carbocycles. The zero-order chi connectivity index (χ0) is 14.5. The van der Waals surface area contributed by atoms with Crippen LogP contribution < -0.4 is 4.90 Å². The van der Waals surface area contributed by atoms with Crippen LogP contribution >= 0.6 is 0 Å².